The number of alkyl halides is 3. The van der Waals surface area contributed by atoms with Gasteiger partial charge in [-0.3, -0.25) is 13.8 Å². The van der Waals surface area contributed by atoms with Gasteiger partial charge in [-0.25, -0.2) is 16.8 Å². The fourth-order valence-electron chi connectivity index (χ4n) is 4.09. The van der Waals surface area contributed by atoms with Gasteiger partial charge >= 0.3 is 6.18 Å². The van der Waals surface area contributed by atoms with Crippen LogP contribution < -0.4 is 14.3 Å². The molecule has 0 heterocycles. The molecule has 0 aliphatic rings. The molecule has 4 aromatic carbocycles. The average Bonchev–Trinajstić information content (AvgIpc) is 2.93. The van der Waals surface area contributed by atoms with Crippen LogP contribution in [-0.2, 0) is 31.0 Å². The van der Waals surface area contributed by atoms with Crippen LogP contribution in [0.25, 0.3) is 0 Å². The first kappa shape index (κ1) is 31.6. The largest absolute Gasteiger partial charge is 0.416 e. The minimum absolute atomic E-state index is 0.0843. The van der Waals surface area contributed by atoms with E-state index in [1.807, 2.05) is 13.0 Å². The van der Waals surface area contributed by atoms with E-state index in [1.165, 1.54) is 48.5 Å². The summed E-state index contributed by atoms with van der Waals surface area (Å²) in [7, 11) is -8.43. The van der Waals surface area contributed by atoms with Gasteiger partial charge in [0.1, 0.15) is 6.54 Å². The predicted octanol–water partition coefficient (Wildman–Crippen LogP) is 6.27. The van der Waals surface area contributed by atoms with Crippen LogP contribution in [0.5, 0.6) is 0 Å². The lowest BCUT2D eigenvalue weighted by atomic mass is 10.1. The molecular formula is C30H28F3N3O5S2. The van der Waals surface area contributed by atoms with Gasteiger partial charge in [0.15, 0.2) is 0 Å². The van der Waals surface area contributed by atoms with Gasteiger partial charge in [-0.2, -0.15) is 13.2 Å². The van der Waals surface area contributed by atoms with Gasteiger partial charge in [-0.15, -0.1) is 0 Å². The second kappa shape index (κ2) is 12.1. The zero-order valence-corrected chi connectivity index (χ0v) is 24.9. The molecule has 13 heteroatoms. The highest BCUT2D eigenvalue weighted by Crippen LogP contribution is 2.33. The number of carbonyl (C=O) groups excluding carboxylic acids is 1. The summed E-state index contributed by atoms with van der Waals surface area (Å²) in [6, 6.07) is 19.8. The van der Waals surface area contributed by atoms with Gasteiger partial charge < -0.3 is 5.32 Å². The Morgan fingerprint density at radius 3 is 2.00 bits per heavy atom. The zero-order chi connectivity index (χ0) is 31.6. The molecule has 0 saturated carbocycles. The lowest BCUT2D eigenvalue weighted by Gasteiger charge is -2.25. The predicted molar refractivity (Wildman–Crippen MR) is 159 cm³/mol. The number of rotatable bonds is 9. The summed E-state index contributed by atoms with van der Waals surface area (Å²) < 4.78 is 96.3. The molecule has 4 aromatic rings. The van der Waals surface area contributed by atoms with Crippen LogP contribution in [-0.4, -0.2) is 29.3 Å². The zero-order valence-electron chi connectivity index (χ0n) is 23.3. The Bertz CT molecular complexity index is 1860. The molecule has 0 atom stereocenters. The van der Waals surface area contributed by atoms with Crippen LogP contribution in [0.2, 0.25) is 0 Å². The van der Waals surface area contributed by atoms with Crippen LogP contribution in [0, 0.1) is 20.8 Å². The van der Waals surface area contributed by atoms with E-state index in [2.05, 4.69) is 10.0 Å². The third kappa shape index (κ3) is 7.54. The number of hydrogen-bond acceptors (Lipinski definition) is 5. The van der Waals surface area contributed by atoms with E-state index in [9.17, 15) is 34.8 Å². The van der Waals surface area contributed by atoms with Gasteiger partial charge in [-0.05, 0) is 92.6 Å². The van der Waals surface area contributed by atoms with Crippen molar-refractivity contribution in [2.45, 2.75) is 36.7 Å². The van der Waals surface area contributed by atoms with Gasteiger partial charge in [0.2, 0.25) is 5.91 Å². The van der Waals surface area contributed by atoms with E-state index < -0.39 is 44.2 Å². The second-order valence-electron chi connectivity index (χ2n) is 9.87. The number of nitrogens with zero attached hydrogens (tertiary/aromatic N) is 1. The molecule has 1 amide bonds. The fourth-order valence-corrected chi connectivity index (χ4v) is 6.62. The van der Waals surface area contributed by atoms with Crippen LogP contribution in [0.1, 0.15) is 22.3 Å². The molecule has 0 unspecified atom stereocenters. The van der Waals surface area contributed by atoms with Crippen LogP contribution in [0.3, 0.4) is 0 Å². The summed E-state index contributed by atoms with van der Waals surface area (Å²) in [4.78, 5) is 12.7. The van der Waals surface area contributed by atoms with Crippen molar-refractivity contribution in [1.82, 2.24) is 0 Å². The minimum atomic E-state index is -4.74. The van der Waals surface area contributed by atoms with Crippen molar-refractivity contribution in [3.63, 3.8) is 0 Å². The summed E-state index contributed by atoms with van der Waals surface area (Å²) in [5.74, 6) is -0.864. The van der Waals surface area contributed by atoms with Crippen molar-refractivity contribution < 1.29 is 34.8 Å². The van der Waals surface area contributed by atoms with Crippen LogP contribution >= 0.6 is 0 Å². The average molecular weight is 632 g/mol. The van der Waals surface area contributed by atoms with E-state index in [-0.39, 0.29) is 21.2 Å². The van der Waals surface area contributed by atoms with Crippen LogP contribution in [0.4, 0.5) is 30.2 Å². The van der Waals surface area contributed by atoms with Gasteiger partial charge in [0.25, 0.3) is 20.0 Å². The number of hydrogen-bond donors (Lipinski definition) is 2. The van der Waals surface area contributed by atoms with E-state index >= 15 is 0 Å². The summed E-state index contributed by atoms with van der Waals surface area (Å²) >= 11 is 0. The van der Waals surface area contributed by atoms with E-state index in [0.29, 0.717) is 16.1 Å². The molecule has 4 rings (SSSR count). The van der Waals surface area contributed by atoms with Gasteiger partial charge in [0.05, 0.1) is 26.7 Å². The lowest BCUT2D eigenvalue weighted by Crippen LogP contribution is -2.38. The quantitative estimate of drug-likeness (QED) is 0.226. The van der Waals surface area contributed by atoms with Crippen molar-refractivity contribution >= 4 is 43.0 Å². The molecule has 0 spiro atoms. The highest BCUT2D eigenvalue weighted by atomic mass is 32.2. The standard InChI is InChI=1S/C30H28F3N3O5S2/c1-20-8-13-27(14-9-20)43(40,41)36(25-6-4-5-23(18-25)30(31,32)33)19-29(37)34-24-11-15-26(16-12-24)42(38,39)35-28-17-21(2)7-10-22(28)3/h4-18,35H,19H2,1-3H3,(H,34,37). The van der Waals surface area contributed by atoms with E-state index in [1.54, 1.807) is 26.0 Å². The van der Waals surface area contributed by atoms with Crippen molar-refractivity contribution in [1.29, 1.82) is 0 Å². The first-order chi connectivity index (χ1) is 20.1. The number of aryl methyl sites for hydroxylation is 3. The number of carbonyl (C=O) groups is 1. The van der Waals surface area contributed by atoms with Crippen molar-refractivity contribution in [2.75, 3.05) is 20.9 Å². The summed E-state index contributed by atoms with van der Waals surface area (Å²) in [5.41, 5.74) is 1.48. The molecule has 0 aromatic heterocycles. The second-order valence-corrected chi connectivity index (χ2v) is 13.4. The molecule has 0 radical (unpaired) electrons. The fraction of sp³-hybridized carbons (Fsp3) is 0.167. The lowest BCUT2D eigenvalue weighted by molar-refractivity contribution is -0.137. The Balaban J connectivity index is 1.58. The van der Waals surface area contributed by atoms with Gasteiger partial charge in [-0.1, -0.05) is 35.9 Å². The van der Waals surface area contributed by atoms with Crippen molar-refractivity contribution in [3.8, 4) is 0 Å². The molecule has 43 heavy (non-hydrogen) atoms. The van der Waals surface area contributed by atoms with Crippen molar-refractivity contribution in [3.05, 3.63) is 113 Å². The number of halogens is 3. The number of amides is 1. The minimum Gasteiger partial charge on any atom is -0.325 e. The molecule has 0 aliphatic carbocycles. The molecule has 0 aliphatic heterocycles. The van der Waals surface area contributed by atoms with Crippen LogP contribution in [0.15, 0.2) is 101 Å². The Kier molecular flexibility index (Phi) is 8.88. The number of anilines is 3. The number of sulfonamides is 2. The third-order valence-corrected chi connectivity index (χ3v) is 9.61. The number of nitrogens with one attached hydrogen (secondary N) is 2. The Hall–Kier alpha value is -4.36. The molecule has 0 saturated heterocycles. The molecule has 0 fully saturated rings. The Morgan fingerprint density at radius 1 is 0.767 bits per heavy atom. The monoisotopic (exact) mass is 631 g/mol. The summed E-state index contributed by atoms with van der Waals surface area (Å²) in [6.07, 6.45) is -4.74. The van der Waals surface area contributed by atoms with E-state index in [0.717, 1.165) is 34.9 Å². The normalized spacial score (nSPS) is 12.0. The highest BCUT2D eigenvalue weighted by Gasteiger charge is 2.33. The summed E-state index contributed by atoms with van der Waals surface area (Å²) in [5, 5.41) is 2.48. The molecule has 0 bridgehead atoms. The smallest absolute Gasteiger partial charge is 0.325 e. The number of benzene rings is 4. The summed E-state index contributed by atoms with van der Waals surface area (Å²) in [6.45, 7) is 4.48. The SMILES string of the molecule is Cc1ccc(S(=O)(=O)N(CC(=O)Nc2ccc(S(=O)(=O)Nc3cc(C)ccc3C)cc2)c2cccc(C(F)(F)F)c2)cc1. The van der Waals surface area contributed by atoms with E-state index in [4.69, 9.17) is 0 Å². The molecule has 2 N–H and O–H groups in total. The topological polar surface area (TPSA) is 113 Å². The molecular weight excluding hydrogens is 603 g/mol. The maximum Gasteiger partial charge on any atom is 0.416 e. The highest BCUT2D eigenvalue weighted by molar-refractivity contribution is 7.93. The third-order valence-electron chi connectivity index (χ3n) is 6.44. The molecule has 8 nitrogen and oxygen atoms in total. The Labute approximate surface area is 248 Å². The Morgan fingerprint density at radius 2 is 1.37 bits per heavy atom. The van der Waals surface area contributed by atoms with Gasteiger partial charge in [0, 0.05) is 5.69 Å². The molecule has 226 valence electrons. The maximum absolute atomic E-state index is 13.5. The first-order valence-corrected chi connectivity index (χ1v) is 15.8. The van der Waals surface area contributed by atoms with Crippen molar-refractivity contribution in [2.24, 2.45) is 0 Å². The maximum atomic E-state index is 13.5. The first-order valence-electron chi connectivity index (χ1n) is 12.8.